The van der Waals surface area contributed by atoms with Crippen molar-refractivity contribution in [1.29, 1.82) is 0 Å². The summed E-state index contributed by atoms with van der Waals surface area (Å²) in [7, 11) is 0. The molecular weight excluding hydrogens is 412 g/mol. The maximum absolute atomic E-state index is 12.1. The SMILES string of the molecule is O=C(O)[C@@H](c1ccc(OCc2ccc3ccccc3n2)cc1CO[N+](=O)[O-])C1CCCC1. The number of aliphatic carboxylic acids is 1. The number of rotatable bonds is 9. The first-order chi connectivity index (χ1) is 15.5. The first kappa shape index (κ1) is 21.5. The fourth-order valence-corrected chi connectivity index (χ4v) is 4.45. The van der Waals surface area contributed by atoms with Crippen LogP contribution in [0, 0.1) is 16.0 Å². The number of benzene rings is 2. The standard InChI is InChI=1S/C24H24N2O6/c27-24(28)23(17-6-1-2-7-17)21-12-11-20(13-18(21)14-32-26(29)30)31-15-19-10-9-16-5-3-4-8-22(16)25-19/h3-5,8-13,17,23H,1-2,6-7,14-15H2,(H,27,28)/t23-/m1/s1. The molecule has 0 amide bonds. The Morgan fingerprint density at radius 1 is 1.12 bits per heavy atom. The van der Waals surface area contributed by atoms with Gasteiger partial charge in [0.15, 0.2) is 0 Å². The van der Waals surface area contributed by atoms with E-state index in [2.05, 4.69) is 9.82 Å². The van der Waals surface area contributed by atoms with Crippen LogP contribution >= 0.6 is 0 Å². The molecule has 8 heteroatoms. The molecule has 166 valence electrons. The number of aromatic nitrogens is 1. The third-order valence-corrected chi connectivity index (χ3v) is 5.96. The average Bonchev–Trinajstić information content (AvgIpc) is 3.31. The van der Waals surface area contributed by atoms with Crippen LogP contribution in [0.5, 0.6) is 5.75 Å². The van der Waals surface area contributed by atoms with Gasteiger partial charge in [0.2, 0.25) is 0 Å². The number of ether oxygens (including phenoxy) is 1. The first-order valence-corrected chi connectivity index (χ1v) is 10.6. The second-order valence-electron chi connectivity index (χ2n) is 8.00. The van der Waals surface area contributed by atoms with Gasteiger partial charge in [-0.05, 0) is 54.2 Å². The summed E-state index contributed by atoms with van der Waals surface area (Å²) in [5, 5.41) is 20.8. The molecule has 1 saturated carbocycles. The maximum atomic E-state index is 12.1. The van der Waals surface area contributed by atoms with E-state index < -0.39 is 17.0 Å². The monoisotopic (exact) mass is 436 g/mol. The average molecular weight is 436 g/mol. The molecule has 1 aliphatic rings. The highest BCUT2D eigenvalue weighted by Crippen LogP contribution is 2.39. The van der Waals surface area contributed by atoms with Gasteiger partial charge in [0.1, 0.15) is 19.0 Å². The van der Waals surface area contributed by atoms with E-state index in [1.807, 2.05) is 36.4 Å². The lowest BCUT2D eigenvalue weighted by Crippen LogP contribution is -2.21. The second-order valence-corrected chi connectivity index (χ2v) is 8.00. The lowest BCUT2D eigenvalue weighted by molar-refractivity contribution is -0.763. The summed E-state index contributed by atoms with van der Waals surface area (Å²) in [5.74, 6) is -1.16. The molecule has 0 bridgehead atoms. The zero-order valence-electron chi connectivity index (χ0n) is 17.5. The molecule has 4 rings (SSSR count). The van der Waals surface area contributed by atoms with Gasteiger partial charge in [0.05, 0.1) is 17.1 Å². The summed E-state index contributed by atoms with van der Waals surface area (Å²) in [6, 6.07) is 16.7. The van der Waals surface area contributed by atoms with Crippen LogP contribution in [0.2, 0.25) is 0 Å². The number of carboxylic acids is 1. The molecule has 1 N–H and O–H groups in total. The van der Waals surface area contributed by atoms with Gasteiger partial charge in [0, 0.05) is 5.39 Å². The van der Waals surface area contributed by atoms with Gasteiger partial charge in [-0.25, -0.2) is 4.98 Å². The predicted octanol–water partition coefficient (Wildman–Crippen LogP) is 4.88. The van der Waals surface area contributed by atoms with E-state index in [4.69, 9.17) is 4.74 Å². The Morgan fingerprint density at radius 3 is 2.66 bits per heavy atom. The van der Waals surface area contributed by atoms with Crippen molar-refractivity contribution in [3.8, 4) is 5.75 Å². The summed E-state index contributed by atoms with van der Waals surface area (Å²) in [4.78, 5) is 32.0. The Labute approximate surface area is 184 Å². The molecule has 1 atom stereocenters. The molecule has 0 radical (unpaired) electrons. The fraction of sp³-hybridized carbons (Fsp3) is 0.333. The summed E-state index contributed by atoms with van der Waals surface area (Å²) in [6.07, 6.45) is 3.65. The van der Waals surface area contributed by atoms with Crippen molar-refractivity contribution in [3.63, 3.8) is 0 Å². The van der Waals surface area contributed by atoms with Crippen molar-refractivity contribution in [2.45, 2.75) is 44.8 Å². The Bertz CT molecular complexity index is 1130. The van der Waals surface area contributed by atoms with E-state index in [9.17, 15) is 20.0 Å². The molecule has 1 aromatic heterocycles. The van der Waals surface area contributed by atoms with Crippen LogP contribution in [0.25, 0.3) is 10.9 Å². The van der Waals surface area contributed by atoms with Gasteiger partial charge in [0.25, 0.3) is 5.09 Å². The highest BCUT2D eigenvalue weighted by atomic mass is 16.9. The molecule has 1 fully saturated rings. The van der Waals surface area contributed by atoms with Crippen LogP contribution in [0.4, 0.5) is 0 Å². The van der Waals surface area contributed by atoms with Gasteiger partial charge in [-0.2, -0.15) is 0 Å². The van der Waals surface area contributed by atoms with Crippen LogP contribution in [-0.4, -0.2) is 21.1 Å². The smallest absolute Gasteiger partial charge is 0.311 e. The minimum absolute atomic E-state index is 0.00965. The Morgan fingerprint density at radius 2 is 1.91 bits per heavy atom. The highest BCUT2D eigenvalue weighted by Gasteiger charge is 2.33. The topological polar surface area (TPSA) is 112 Å². The number of para-hydroxylation sites is 1. The number of carboxylic acid groups (broad SMARTS) is 1. The van der Waals surface area contributed by atoms with Crippen molar-refractivity contribution in [2.75, 3.05) is 0 Å². The van der Waals surface area contributed by atoms with Crippen LogP contribution in [0.1, 0.15) is 48.4 Å². The van der Waals surface area contributed by atoms with E-state index in [0.717, 1.165) is 42.3 Å². The van der Waals surface area contributed by atoms with Gasteiger partial charge in [-0.3, -0.25) is 4.79 Å². The van der Waals surface area contributed by atoms with E-state index in [0.29, 0.717) is 16.9 Å². The Kier molecular flexibility index (Phi) is 6.49. The molecule has 32 heavy (non-hydrogen) atoms. The highest BCUT2D eigenvalue weighted by molar-refractivity contribution is 5.78. The zero-order valence-corrected chi connectivity index (χ0v) is 17.5. The molecule has 1 heterocycles. The molecule has 3 aromatic rings. The van der Waals surface area contributed by atoms with Crippen molar-refractivity contribution in [3.05, 3.63) is 81.5 Å². The molecule has 0 spiro atoms. The van der Waals surface area contributed by atoms with E-state index in [-0.39, 0.29) is 19.1 Å². The lowest BCUT2D eigenvalue weighted by atomic mass is 9.82. The van der Waals surface area contributed by atoms with Crippen LogP contribution in [-0.2, 0) is 22.8 Å². The summed E-state index contributed by atoms with van der Waals surface area (Å²) >= 11 is 0. The quantitative estimate of drug-likeness (QED) is 0.376. The molecule has 2 aromatic carbocycles. The molecule has 0 unspecified atom stereocenters. The number of fused-ring (bicyclic) bond motifs is 1. The van der Waals surface area contributed by atoms with Crippen molar-refractivity contribution in [1.82, 2.24) is 4.98 Å². The van der Waals surface area contributed by atoms with Crippen molar-refractivity contribution < 1.29 is 24.6 Å². The van der Waals surface area contributed by atoms with Crippen LogP contribution < -0.4 is 4.74 Å². The minimum atomic E-state index is -0.923. The largest absolute Gasteiger partial charge is 0.487 e. The Hall–Kier alpha value is -3.68. The molecule has 8 nitrogen and oxygen atoms in total. The van der Waals surface area contributed by atoms with E-state index in [1.165, 1.54) is 0 Å². The van der Waals surface area contributed by atoms with Crippen molar-refractivity contribution >= 4 is 16.9 Å². The Balaban J connectivity index is 1.57. The van der Waals surface area contributed by atoms with Crippen LogP contribution in [0.15, 0.2) is 54.6 Å². The van der Waals surface area contributed by atoms with Gasteiger partial charge < -0.3 is 14.7 Å². The molecular formula is C24H24N2O6. The summed E-state index contributed by atoms with van der Waals surface area (Å²) in [5.41, 5.74) is 2.60. The number of nitrogens with zero attached hydrogens (tertiary/aromatic N) is 2. The minimum Gasteiger partial charge on any atom is -0.487 e. The first-order valence-electron chi connectivity index (χ1n) is 10.6. The van der Waals surface area contributed by atoms with E-state index in [1.54, 1.807) is 18.2 Å². The van der Waals surface area contributed by atoms with Gasteiger partial charge >= 0.3 is 5.97 Å². The second kappa shape index (κ2) is 9.64. The normalized spacial score (nSPS) is 14.9. The number of carbonyl (C=O) groups is 1. The van der Waals surface area contributed by atoms with E-state index >= 15 is 0 Å². The van der Waals surface area contributed by atoms with Crippen molar-refractivity contribution in [2.24, 2.45) is 5.92 Å². The third kappa shape index (κ3) is 4.96. The number of hydrogen-bond acceptors (Lipinski definition) is 6. The number of pyridine rings is 1. The summed E-state index contributed by atoms with van der Waals surface area (Å²) in [6.45, 7) is -0.116. The number of hydrogen-bond donors (Lipinski definition) is 1. The predicted molar refractivity (Wildman–Crippen MR) is 117 cm³/mol. The lowest BCUT2D eigenvalue weighted by Gasteiger charge is -2.23. The molecule has 0 aliphatic heterocycles. The summed E-state index contributed by atoms with van der Waals surface area (Å²) < 4.78 is 5.87. The van der Waals surface area contributed by atoms with Gasteiger partial charge in [-0.1, -0.05) is 43.2 Å². The molecule has 0 saturated heterocycles. The van der Waals surface area contributed by atoms with Gasteiger partial charge in [-0.15, -0.1) is 10.1 Å². The maximum Gasteiger partial charge on any atom is 0.311 e. The zero-order chi connectivity index (χ0) is 22.5. The molecule has 1 aliphatic carbocycles. The van der Waals surface area contributed by atoms with Crippen LogP contribution in [0.3, 0.4) is 0 Å². The third-order valence-electron chi connectivity index (χ3n) is 5.96. The fourth-order valence-electron chi connectivity index (χ4n) is 4.45.